The molecule has 1 atom stereocenters. The molecule has 0 spiro atoms. The Bertz CT molecular complexity index is 4520. The summed E-state index contributed by atoms with van der Waals surface area (Å²) in [5.41, 5.74) is 11.7. The topological polar surface area (TPSA) is 15.5 Å². The van der Waals surface area contributed by atoms with Crippen molar-refractivity contribution in [1.29, 1.82) is 0 Å². The van der Waals surface area contributed by atoms with Gasteiger partial charge in [-0.2, -0.15) is 0 Å². The summed E-state index contributed by atoms with van der Waals surface area (Å²) in [6.45, 7) is 6.84. The quantitative estimate of drug-likeness (QED) is 0.121. The van der Waals surface area contributed by atoms with E-state index in [0.29, 0.717) is 33.6 Å². The minimum Gasteiger partial charge on any atom is -0.201 e. The summed E-state index contributed by atoms with van der Waals surface area (Å²) < 4.78 is 227. The molecule has 79 heavy (non-hydrogen) atoms. The summed E-state index contributed by atoms with van der Waals surface area (Å²) in [7, 11) is 7.09. The van der Waals surface area contributed by atoms with Gasteiger partial charge in [0, 0.05) is 107 Å². The van der Waals surface area contributed by atoms with Crippen molar-refractivity contribution in [3.05, 3.63) is 211 Å². The van der Waals surface area contributed by atoms with Crippen molar-refractivity contribution < 1.29 is 56.6 Å². The molecule has 4 nitrogen and oxygen atoms in total. The van der Waals surface area contributed by atoms with Crippen LogP contribution in [0.15, 0.2) is 128 Å². The second kappa shape index (κ2) is 27.6. The fourth-order valence-electron chi connectivity index (χ4n) is 9.29. The van der Waals surface area contributed by atoms with E-state index in [1.807, 2.05) is 69.8 Å². The van der Waals surface area contributed by atoms with E-state index in [-0.39, 0.29) is 44.9 Å². The maximum Gasteiger partial charge on any atom is 0.212 e. The molecule has 4 aromatic carbocycles. The summed E-state index contributed by atoms with van der Waals surface area (Å²) in [5.74, 6) is -2.26. The zero-order valence-corrected chi connectivity index (χ0v) is 49.6. The maximum absolute atomic E-state index is 8.67. The molecule has 418 valence electrons. The van der Waals surface area contributed by atoms with Gasteiger partial charge in [-0.15, -0.1) is 0 Å². The Morgan fingerprint density at radius 2 is 0.810 bits per heavy atom. The van der Waals surface area contributed by atoms with Gasteiger partial charge in [-0.1, -0.05) is 133 Å². The van der Waals surface area contributed by atoms with Crippen LogP contribution in [0, 0.1) is 93.0 Å². The molecule has 0 aliphatic heterocycles. The molecule has 0 fully saturated rings. The summed E-state index contributed by atoms with van der Waals surface area (Å²) in [4.78, 5) is 0. The predicted molar refractivity (Wildman–Crippen MR) is 339 cm³/mol. The van der Waals surface area contributed by atoms with Crippen molar-refractivity contribution in [2.75, 3.05) is 0 Å². The van der Waals surface area contributed by atoms with Gasteiger partial charge in [0.1, 0.15) is 28.2 Å². The van der Waals surface area contributed by atoms with Gasteiger partial charge in [0.15, 0.2) is 24.8 Å². The lowest BCUT2D eigenvalue weighted by molar-refractivity contribution is -0.661. The molecule has 0 N–H and O–H groups in total. The third kappa shape index (κ3) is 17.7. The summed E-state index contributed by atoms with van der Waals surface area (Å²) in [6, 6.07) is 28.5. The van der Waals surface area contributed by atoms with Gasteiger partial charge < -0.3 is 0 Å². The highest BCUT2D eigenvalue weighted by molar-refractivity contribution is 5.65. The molecule has 0 saturated heterocycles. The summed E-state index contributed by atoms with van der Waals surface area (Å²) >= 11 is 0. The van der Waals surface area contributed by atoms with Gasteiger partial charge in [-0.25, -0.2) is 18.3 Å². The Hall–Kier alpha value is -6.52. The number of aromatic nitrogens is 4. The van der Waals surface area contributed by atoms with Crippen molar-refractivity contribution in [2.24, 2.45) is 45.4 Å². The van der Waals surface area contributed by atoms with Crippen LogP contribution < -0.4 is 18.3 Å². The molecule has 0 aliphatic rings. The zero-order valence-electron chi connectivity index (χ0n) is 77.6. The van der Waals surface area contributed by atoms with Crippen LogP contribution in [0.25, 0.3) is 45.0 Å². The molecule has 0 bridgehead atoms. The highest BCUT2D eigenvalue weighted by Crippen LogP contribution is 2.30. The smallest absolute Gasteiger partial charge is 0.201 e. The monoisotopic (exact) mass is 1090 g/mol. The van der Waals surface area contributed by atoms with Crippen molar-refractivity contribution in [1.82, 2.24) is 0 Å². The number of pyridine rings is 4. The van der Waals surface area contributed by atoms with Crippen LogP contribution >= 0.6 is 0 Å². The first-order chi connectivity index (χ1) is 48.0. The number of benzene rings is 4. The molecule has 0 radical (unpaired) electrons. The lowest BCUT2D eigenvalue weighted by Crippen LogP contribution is -2.32. The molecular formula is C75H102N4+4. The second-order valence-electron chi connectivity index (χ2n) is 22.2. The van der Waals surface area contributed by atoms with Crippen molar-refractivity contribution in [3.63, 3.8) is 0 Å². The number of aryl methyl sites for hydroxylation is 15. The van der Waals surface area contributed by atoms with Gasteiger partial charge in [-0.05, 0) is 187 Å². The van der Waals surface area contributed by atoms with Crippen molar-refractivity contribution in [3.8, 4) is 45.0 Å². The van der Waals surface area contributed by atoms with Crippen LogP contribution in [0.5, 0.6) is 0 Å². The lowest BCUT2D eigenvalue weighted by atomic mass is 9.86. The molecule has 0 amide bonds. The first-order valence-corrected chi connectivity index (χ1v) is 26.6. The second-order valence-corrected chi connectivity index (χ2v) is 22.2. The van der Waals surface area contributed by atoms with Crippen molar-refractivity contribution >= 4 is 0 Å². The van der Waals surface area contributed by atoms with Gasteiger partial charge in [0.25, 0.3) is 0 Å². The Labute approximate surface area is 520 Å². The first-order valence-electron chi connectivity index (χ1n) is 40.6. The summed E-state index contributed by atoms with van der Waals surface area (Å²) in [6.07, 6.45) is 1.28. The normalized spacial score (nSPS) is 18.9. The molecule has 8 aromatic rings. The standard InChI is InChI=1S/C20H28N.C19H26N.2C18H24N/c1-14-8-9-18(15(2)10-14)19-11-17(12-20(4,5)6)16(3)13-21(19)7;1-13(2)9-17-11-19(20(6)12-16(17)5)18-8-7-14(3)10-15(18)4;1-12(2)17-11-19(6)18(10-15(17)5)16-8-7-13(3)9-14(16)4;1-13(2)10-16-7-9-18(19(5)12-16)17-8-6-14(3)11-15(17)4/h8-11,13H,12H2,1-7H3;7-8,10-13H,9H2,1-6H3;7-12H,1-6H3;6-9,11-13H,10H2,1-5H3/q4*+1/i1D3,3D3,12D2;3D3,5D3,9D2;1D3,3D3,12D;3D3,10D2. The third-order valence-electron chi connectivity index (χ3n) is 13.0. The molecule has 0 saturated carbocycles. The molecule has 8 rings (SSSR count). The highest BCUT2D eigenvalue weighted by Gasteiger charge is 2.22. The fourth-order valence-corrected chi connectivity index (χ4v) is 9.29. The van der Waals surface area contributed by atoms with E-state index in [0.717, 1.165) is 55.9 Å². The van der Waals surface area contributed by atoms with Crippen LogP contribution in [-0.4, -0.2) is 0 Å². The molecule has 0 aliphatic carbocycles. The van der Waals surface area contributed by atoms with Gasteiger partial charge in [0.2, 0.25) is 22.8 Å². The third-order valence-corrected chi connectivity index (χ3v) is 13.0. The molecule has 4 aromatic heterocycles. The van der Waals surface area contributed by atoms with Crippen molar-refractivity contribution in [2.45, 2.75) is 163 Å². The van der Waals surface area contributed by atoms with Gasteiger partial charge in [-0.3, -0.25) is 0 Å². The van der Waals surface area contributed by atoms with Gasteiger partial charge in [0.05, 0.1) is 0 Å². The van der Waals surface area contributed by atoms with E-state index in [1.54, 1.807) is 163 Å². The fraction of sp³-hybridized carbons (Fsp3) is 0.413. The van der Waals surface area contributed by atoms with E-state index < -0.39 is 84.3 Å². The lowest BCUT2D eigenvalue weighted by Gasteiger charge is -2.19. The number of rotatable bonds is 10. The molecular weight excluding hydrogens is 957 g/mol. The van der Waals surface area contributed by atoms with E-state index in [4.69, 9.17) is 38.4 Å². The van der Waals surface area contributed by atoms with E-state index in [2.05, 4.69) is 0 Å². The Morgan fingerprint density at radius 3 is 1.19 bits per heavy atom. The SMILES string of the molecule is [2H]C([2H])([2H])c1ccc(-c2cc(C([2H])([2H])C(C)(C)C)c(C([2H])([2H])[2H])c[n+]2C)c(C)c1.[2H]C([2H])([2H])c1ccc(-c2cc(C([2H])([2H])C(C)C)c(C([2H])([2H])[2H])c[n+]2C)c(C)c1.[2H]C([2H])([2H])c1ccc(-c2cc(C)c(C([2H])(C)C([2H])([2H])[2H])c[n+]2C)c(C)c1.[2H]C([2H])([2H])c1ccc(-c2ccc(C([2H])([2H])C(C)C)c[n+]2C)c(C)c1. The van der Waals surface area contributed by atoms with Crippen LogP contribution in [0.1, 0.15) is 190 Å². The van der Waals surface area contributed by atoms with Gasteiger partial charge >= 0.3 is 0 Å². The molecule has 4 heterocycles. The maximum atomic E-state index is 8.67. The largest absolute Gasteiger partial charge is 0.212 e. The highest BCUT2D eigenvalue weighted by atomic mass is 14.9. The zero-order chi connectivity index (χ0) is 82.6. The van der Waals surface area contributed by atoms with E-state index >= 15 is 0 Å². The Balaban J connectivity index is 0.000000256. The number of nitrogens with zero attached hydrogens (tertiary/aromatic N) is 4. The molecule has 4 heteroatoms. The van der Waals surface area contributed by atoms with E-state index in [9.17, 15) is 0 Å². The molecule has 1 unspecified atom stereocenters. The van der Waals surface area contributed by atoms with Crippen LogP contribution in [0.4, 0.5) is 0 Å². The Morgan fingerprint density at radius 1 is 0.418 bits per heavy atom. The minimum atomic E-state index is -2.47. The van der Waals surface area contributed by atoms with E-state index in [1.165, 1.54) is 31.5 Å². The average molecular weight is 1090 g/mol. The summed E-state index contributed by atoms with van der Waals surface area (Å²) in [5, 5.41) is 0. The predicted octanol–water partition coefficient (Wildman–Crippen LogP) is 17.2. The average Bonchev–Trinajstić information content (AvgIpc) is 0.750. The van der Waals surface area contributed by atoms with Crippen LogP contribution in [-0.2, 0) is 47.3 Å². The Kier molecular flexibility index (Phi) is 11.8. The number of hydrogen-bond donors (Lipinski definition) is 0. The number of hydrogen-bond acceptors (Lipinski definition) is 0. The minimum absolute atomic E-state index is 0.0192. The van der Waals surface area contributed by atoms with Crippen LogP contribution in [0.3, 0.4) is 0 Å². The first kappa shape index (κ1) is 33.9. The van der Waals surface area contributed by atoms with Crippen LogP contribution in [0.2, 0.25) is 0 Å².